The fraction of sp³-hybridized carbons (Fsp3) is 0.500. The molecule has 6 nitrogen and oxygen atoms in total. The molecule has 1 aliphatic heterocycles. The molecule has 0 unspecified atom stereocenters. The van der Waals surface area contributed by atoms with Gasteiger partial charge in [-0.25, -0.2) is 4.99 Å². The number of anilines is 1. The van der Waals surface area contributed by atoms with E-state index in [0.29, 0.717) is 6.54 Å². The van der Waals surface area contributed by atoms with Crippen LogP contribution in [0.2, 0.25) is 0 Å². The highest BCUT2D eigenvalue weighted by Gasteiger charge is 2.20. The zero-order valence-corrected chi connectivity index (χ0v) is 21.1. The van der Waals surface area contributed by atoms with Crippen molar-refractivity contribution < 1.29 is 4.42 Å². The minimum absolute atomic E-state index is 0. The summed E-state index contributed by atoms with van der Waals surface area (Å²) in [5, 5.41) is 3.49. The number of hydrogen-bond acceptors (Lipinski definition) is 4. The highest BCUT2D eigenvalue weighted by atomic mass is 127. The van der Waals surface area contributed by atoms with Crippen LogP contribution in [0.3, 0.4) is 0 Å². The van der Waals surface area contributed by atoms with E-state index >= 15 is 0 Å². The molecule has 3 heterocycles. The third-order valence-electron chi connectivity index (χ3n) is 5.61. The van der Waals surface area contributed by atoms with Gasteiger partial charge in [0.05, 0.1) is 12.8 Å². The van der Waals surface area contributed by atoms with Gasteiger partial charge in [-0.05, 0) is 56.4 Å². The van der Waals surface area contributed by atoms with E-state index in [9.17, 15) is 0 Å². The molecule has 170 valence electrons. The molecule has 0 amide bonds. The van der Waals surface area contributed by atoms with E-state index in [4.69, 9.17) is 9.41 Å². The Hall–Kier alpha value is -2.03. The van der Waals surface area contributed by atoms with Crippen LogP contribution in [0.25, 0.3) is 0 Å². The summed E-state index contributed by atoms with van der Waals surface area (Å²) in [6.07, 6.45) is 9.98. The number of nitrogens with zero attached hydrogens (tertiary/aromatic N) is 4. The third-order valence-corrected chi connectivity index (χ3v) is 5.61. The molecule has 1 N–H and O–H groups in total. The van der Waals surface area contributed by atoms with E-state index in [2.05, 4.69) is 45.9 Å². The van der Waals surface area contributed by atoms with Crippen molar-refractivity contribution in [3.63, 3.8) is 0 Å². The first kappa shape index (κ1) is 25.2. The van der Waals surface area contributed by atoms with Crippen molar-refractivity contribution in [2.75, 3.05) is 44.7 Å². The Labute approximate surface area is 203 Å². The molecule has 1 aliphatic rings. The van der Waals surface area contributed by atoms with E-state index in [0.717, 1.165) is 55.8 Å². The smallest absolute Gasteiger partial charge is 0.193 e. The van der Waals surface area contributed by atoms with Crippen molar-refractivity contribution in [1.29, 1.82) is 0 Å². The van der Waals surface area contributed by atoms with E-state index in [1.807, 2.05) is 31.5 Å². The number of aromatic nitrogens is 1. The lowest BCUT2D eigenvalue weighted by molar-refractivity contribution is 0.338. The zero-order valence-electron chi connectivity index (χ0n) is 18.8. The minimum Gasteiger partial charge on any atom is -0.469 e. The summed E-state index contributed by atoms with van der Waals surface area (Å²) in [7, 11) is 2.13. The lowest BCUT2D eigenvalue weighted by Crippen LogP contribution is -2.41. The van der Waals surface area contributed by atoms with Crippen LogP contribution in [0.15, 0.2) is 64.5 Å². The number of hydrogen-bond donors (Lipinski definition) is 1. The number of furan rings is 1. The highest BCUT2D eigenvalue weighted by molar-refractivity contribution is 14.0. The normalized spacial score (nSPS) is 14.8. The van der Waals surface area contributed by atoms with Gasteiger partial charge in [-0.3, -0.25) is 4.98 Å². The molecule has 31 heavy (non-hydrogen) atoms. The lowest BCUT2D eigenvalue weighted by Gasteiger charge is -2.34. The minimum atomic E-state index is 0. The summed E-state index contributed by atoms with van der Waals surface area (Å²) in [6.45, 7) is 10.7. The maximum absolute atomic E-state index is 5.43. The highest BCUT2D eigenvalue weighted by Crippen LogP contribution is 2.24. The van der Waals surface area contributed by atoms with Crippen molar-refractivity contribution >= 4 is 35.6 Å². The molecule has 0 aliphatic carbocycles. The van der Waals surface area contributed by atoms with E-state index < -0.39 is 0 Å². The van der Waals surface area contributed by atoms with Crippen LogP contribution in [0.1, 0.15) is 31.9 Å². The van der Waals surface area contributed by atoms with Gasteiger partial charge in [0, 0.05) is 57.7 Å². The first-order valence-corrected chi connectivity index (χ1v) is 10.9. The fourth-order valence-electron chi connectivity index (χ4n) is 3.79. The van der Waals surface area contributed by atoms with Gasteiger partial charge in [0.2, 0.25) is 0 Å². The predicted octanol–water partition coefficient (Wildman–Crippen LogP) is 4.60. The zero-order chi connectivity index (χ0) is 21.2. The molecule has 7 heteroatoms. The first-order valence-electron chi connectivity index (χ1n) is 10.9. The van der Waals surface area contributed by atoms with Crippen molar-refractivity contribution in [3.05, 3.63) is 60.8 Å². The number of nitrogens with one attached hydrogen (secondary N) is 1. The number of piperidine rings is 1. The molecule has 2 aromatic rings. The molecule has 0 bridgehead atoms. The molecule has 0 atom stereocenters. The topological polar surface area (TPSA) is 56.9 Å². The third kappa shape index (κ3) is 8.55. The van der Waals surface area contributed by atoms with Gasteiger partial charge < -0.3 is 19.5 Å². The van der Waals surface area contributed by atoms with Crippen LogP contribution in [0, 0.1) is 5.92 Å². The average Bonchev–Trinajstić information content (AvgIpc) is 3.29. The van der Waals surface area contributed by atoms with Gasteiger partial charge in [-0.15, -0.1) is 24.0 Å². The van der Waals surface area contributed by atoms with Gasteiger partial charge in [-0.1, -0.05) is 12.2 Å². The largest absolute Gasteiger partial charge is 0.469 e. The summed E-state index contributed by atoms with van der Waals surface area (Å²) in [4.78, 5) is 13.6. The second-order valence-electron chi connectivity index (χ2n) is 8.20. The van der Waals surface area contributed by atoms with E-state index in [-0.39, 0.29) is 24.0 Å². The Morgan fingerprint density at radius 1 is 1.29 bits per heavy atom. The van der Waals surface area contributed by atoms with E-state index in [1.54, 1.807) is 6.26 Å². The molecule has 0 aromatic carbocycles. The quantitative estimate of drug-likeness (QED) is 0.220. The van der Waals surface area contributed by atoms with Crippen molar-refractivity contribution in [3.8, 4) is 0 Å². The molecule has 0 spiro atoms. The fourth-order valence-corrected chi connectivity index (χ4v) is 3.79. The summed E-state index contributed by atoms with van der Waals surface area (Å²) >= 11 is 0. The van der Waals surface area contributed by atoms with Crippen LogP contribution >= 0.6 is 24.0 Å². The van der Waals surface area contributed by atoms with Crippen molar-refractivity contribution in [2.24, 2.45) is 10.9 Å². The maximum Gasteiger partial charge on any atom is 0.193 e. The number of halogens is 1. The van der Waals surface area contributed by atoms with Crippen LogP contribution in [-0.4, -0.2) is 55.6 Å². The number of rotatable bonds is 9. The standard InChI is InChI=1S/C24H35N5O.HI/c1-20(2)19-27-24(26-14-8-23-5-4-18-30-23)28(3)15-9-21-10-16-29(17-11-21)22-6-12-25-13-7-22;/h4-7,12-13,18,21H,1,8-11,14-17,19H2,2-3H3,(H,26,27);1H. The SMILES string of the molecule is C=C(C)CN=C(NCCc1ccco1)N(C)CCC1CCN(c2ccncc2)CC1.I. The second-order valence-corrected chi connectivity index (χ2v) is 8.20. The van der Waals surface area contributed by atoms with Crippen molar-refractivity contribution in [1.82, 2.24) is 15.2 Å². The monoisotopic (exact) mass is 537 g/mol. The molecule has 1 fully saturated rings. The summed E-state index contributed by atoms with van der Waals surface area (Å²) in [6, 6.07) is 8.14. The molecular formula is C24H36IN5O. The molecule has 0 saturated carbocycles. The Morgan fingerprint density at radius 2 is 2.03 bits per heavy atom. The van der Waals surface area contributed by atoms with Crippen LogP contribution in [-0.2, 0) is 6.42 Å². The molecule has 0 radical (unpaired) electrons. The Balaban J connectivity index is 0.00000341. The Morgan fingerprint density at radius 3 is 2.68 bits per heavy atom. The molecule has 1 saturated heterocycles. The van der Waals surface area contributed by atoms with Gasteiger partial charge >= 0.3 is 0 Å². The average molecular weight is 537 g/mol. The van der Waals surface area contributed by atoms with E-state index in [1.165, 1.54) is 24.9 Å². The van der Waals surface area contributed by atoms with Crippen LogP contribution < -0.4 is 10.2 Å². The van der Waals surface area contributed by atoms with Gasteiger partial charge in [0.1, 0.15) is 5.76 Å². The van der Waals surface area contributed by atoms with Crippen LogP contribution in [0.4, 0.5) is 5.69 Å². The Kier molecular flexibility index (Phi) is 10.9. The number of aliphatic imine (C=N–C) groups is 1. The second kappa shape index (κ2) is 13.4. The van der Waals surface area contributed by atoms with Gasteiger partial charge in [0.15, 0.2) is 5.96 Å². The number of pyridine rings is 1. The lowest BCUT2D eigenvalue weighted by atomic mass is 9.93. The maximum atomic E-state index is 5.43. The molecular weight excluding hydrogens is 501 g/mol. The predicted molar refractivity (Wildman–Crippen MR) is 139 cm³/mol. The summed E-state index contributed by atoms with van der Waals surface area (Å²) in [5.41, 5.74) is 2.35. The van der Waals surface area contributed by atoms with Crippen molar-refractivity contribution in [2.45, 2.75) is 32.6 Å². The summed E-state index contributed by atoms with van der Waals surface area (Å²) in [5.74, 6) is 2.69. The Bertz CT molecular complexity index is 786. The molecule has 3 rings (SSSR count). The number of guanidine groups is 1. The van der Waals surface area contributed by atoms with Gasteiger partial charge in [0.25, 0.3) is 0 Å². The van der Waals surface area contributed by atoms with Gasteiger partial charge in [-0.2, -0.15) is 0 Å². The molecule has 2 aromatic heterocycles. The first-order chi connectivity index (χ1) is 14.6. The van der Waals surface area contributed by atoms with Crippen LogP contribution in [0.5, 0.6) is 0 Å². The summed E-state index contributed by atoms with van der Waals surface area (Å²) < 4.78 is 5.43.